The molecule has 1 aliphatic carbocycles. The molecular formula is C14H16BrN. The molecule has 0 amide bonds. The van der Waals surface area contributed by atoms with Gasteiger partial charge in [-0.2, -0.15) is 0 Å². The molecule has 1 aromatic rings. The minimum absolute atomic E-state index is 0.191. The Hall–Kier alpha value is -0.780. The monoisotopic (exact) mass is 277 g/mol. The highest BCUT2D eigenvalue weighted by Crippen LogP contribution is 2.37. The molecule has 0 radical (unpaired) electrons. The summed E-state index contributed by atoms with van der Waals surface area (Å²) in [6, 6.07) is 9.42. The van der Waals surface area contributed by atoms with Gasteiger partial charge in [0.25, 0.3) is 0 Å². The number of terminal acetylenes is 1. The maximum atomic E-state index is 5.34. The molecular weight excluding hydrogens is 262 g/mol. The van der Waals surface area contributed by atoms with E-state index in [9.17, 15) is 0 Å². The second-order valence-electron chi connectivity index (χ2n) is 4.47. The van der Waals surface area contributed by atoms with E-state index in [-0.39, 0.29) is 6.04 Å². The Bertz CT molecular complexity index is 384. The van der Waals surface area contributed by atoms with Gasteiger partial charge in [-0.25, -0.2) is 0 Å². The van der Waals surface area contributed by atoms with Gasteiger partial charge in [0.2, 0.25) is 0 Å². The molecule has 0 saturated heterocycles. The summed E-state index contributed by atoms with van der Waals surface area (Å²) < 4.78 is 1.14. The lowest BCUT2D eigenvalue weighted by molar-refractivity contribution is 0.284. The zero-order valence-electron chi connectivity index (χ0n) is 9.41. The van der Waals surface area contributed by atoms with Crippen molar-refractivity contribution in [2.45, 2.75) is 37.8 Å². The first kappa shape index (κ1) is 11.7. The van der Waals surface area contributed by atoms with Crippen LogP contribution in [0.5, 0.6) is 0 Å². The van der Waals surface area contributed by atoms with Gasteiger partial charge in [0.05, 0.1) is 6.04 Å². The average molecular weight is 278 g/mol. The number of hydrogen-bond acceptors (Lipinski definition) is 1. The third-order valence-electron chi connectivity index (χ3n) is 3.22. The first-order valence-electron chi connectivity index (χ1n) is 5.66. The Morgan fingerprint density at radius 1 is 1.38 bits per heavy atom. The first-order valence-corrected chi connectivity index (χ1v) is 6.46. The van der Waals surface area contributed by atoms with E-state index in [4.69, 9.17) is 6.42 Å². The molecule has 0 spiro atoms. The van der Waals surface area contributed by atoms with Crippen molar-refractivity contribution in [3.05, 3.63) is 34.3 Å². The van der Waals surface area contributed by atoms with Gasteiger partial charge in [0.15, 0.2) is 0 Å². The highest BCUT2D eigenvalue weighted by molar-refractivity contribution is 9.10. The molecule has 1 fully saturated rings. The van der Waals surface area contributed by atoms with Crippen LogP contribution in [0.25, 0.3) is 0 Å². The summed E-state index contributed by atoms with van der Waals surface area (Å²) in [6.07, 6.45) is 7.75. The molecule has 2 rings (SSSR count). The molecule has 1 atom stereocenters. The van der Waals surface area contributed by atoms with Gasteiger partial charge >= 0.3 is 0 Å². The molecule has 84 valence electrons. The van der Waals surface area contributed by atoms with Crippen LogP contribution in [0, 0.1) is 12.3 Å². The predicted octanol–water partition coefficient (Wildman–Crippen LogP) is 3.31. The third-order valence-corrected chi connectivity index (χ3v) is 3.74. The van der Waals surface area contributed by atoms with Crippen LogP contribution in [0.3, 0.4) is 0 Å². The van der Waals surface area contributed by atoms with Crippen molar-refractivity contribution in [2.75, 3.05) is 0 Å². The first-order chi connectivity index (χ1) is 7.69. The molecule has 1 unspecified atom stereocenters. The van der Waals surface area contributed by atoms with Gasteiger partial charge in [-0.1, -0.05) is 34.0 Å². The zero-order valence-corrected chi connectivity index (χ0v) is 11.0. The van der Waals surface area contributed by atoms with E-state index in [0.717, 1.165) is 4.47 Å². The average Bonchev–Trinajstić information content (AvgIpc) is 2.24. The normalized spacial score (nSPS) is 25.6. The predicted molar refractivity (Wildman–Crippen MR) is 71.3 cm³/mol. The maximum Gasteiger partial charge on any atom is 0.0660 e. The number of nitrogens with one attached hydrogen (secondary N) is 1. The van der Waals surface area contributed by atoms with Crippen molar-refractivity contribution in [1.82, 2.24) is 5.32 Å². The number of rotatable bonds is 3. The molecule has 0 aromatic heterocycles. The van der Waals surface area contributed by atoms with Crippen LogP contribution in [-0.4, -0.2) is 12.1 Å². The summed E-state index contributed by atoms with van der Waals surface area (Å²) in [7, 11) is 0. The fourth-order valence-corrected chi connectivity index (χ4v) is 2.43. The smallest absolute Gasteiger partial charge is 0.0660 e. The van der Waals surface area contributed by atoms with Crippen LogP contribution < -0.4 is 5.32 Å². The topological polar surface area (TPSA) is 12.0 Å². The maximum absolute atomic E-state index is 5.34. The van der Waals surface area contributed by atoms with E-state index >= 15 is 0 Å². The second kappa shape index (κ2) is 5.03. The lowest BCUT2D eigenvalue weighted by Gasteiger charge is -2.37. The second-order valence-corrected chi connectivity index (χ2v) is 5.39. The van der Waals surface area contributed by atoms with E-state index in [1.807, 2.05) is 6.92 Å². The van der Waals surface area contributed by atoms with Crippen LogP contribution in [-0.2, 0) is 0 Å². The molecule has 1 N–H and O–H groups in total. The zero-order chi connectivity index (χ0) is 11.5. The SMILES string of the molecule is C#CC(C)NC1CC(c2ccc(Br)cc2)C1. The highest BCUT2D eigenvalue weighted by Gasteiger charge is 2.30. The molecule has 0 heterocycles. The largest absolute Gasteiger partial charge is 0.301 e. The summed E-state index contributed by atoms with van der Waals surface area (Å²) in [6.45, 7) is 2.03. The molecule has 1 aliphatic rings. The Morgan fingerprint density at radius 2 is 2.00 bits per heavy atom. The van der Waals surface area contributed by atoms with Crippen molar-refractivity contribution >= 4 is 15.9 Å². The van der Waals surface area contributed by atoms with Crippen molar-refractivity contribution in [3.8, 4) is 12.3 Å². The van der Waals surface area contributed by atoms with Crippen LogP contribution in [0.2, 0.25) is 0 Å². The van der Waals surface area contributed by atoms with E-state index < -0.39 is 0 Å². The lowest BCUT2D eigenvalue weighted by Crippen LogP contribution is -2.43. The van der Waals surface area contributed by atoms with E-state index in [1.54, 1.807) is 0 Å². The fraction of sp³-hybridized carbons (Fsp3) is 0.429. The number of halogens is 1. The standard InChI is InChI=1S/C14H16BrN/c1-3-10(2)16-14-8-12(9-14)11-4-6-13(15)7-5-11/h1,4-7,10,12,14,16H,8-9H2,2H3. The summed E-state index contributed by atoms with van der Waals surface area (Å²) in [5.74, 6) is 3.41. The number of benzene rings is 1. The van der Waals surface area contributed by atoms with Gasteiger partial charge < -0.3 is 5.32 Å². The summed E-state index contributed by atoms with van der Waals surface area (Å²) in [5, 5.41) is 3.43. The lowest BCUT2D eigenvalue weighted by atomic mass is 9.75. The quantitative estimate of drug-likeness (QED) is 0.836. The Kier molecular flexibility index (Phi) is 3.68. The molecule has 1 aromatic carbocycles. The van der Waals surface area contributed by atoms with Crippen molar-refractivity contribution in [3.63, 3.8) is 0 Å². The van der Waals surface area contributed by atoms with Gasteiger partial charge in [0.1, 0.15) is 0 Å². The Labute approximate surface area is 106 Å². The summed E-state index contributed by atoms with van der Waals surface area (Å²) >= 11 is 3.45. The van der Waals surface area contributed by atoms with Gasteiger partial charge in [-0.3, -0.25) is 0 Å². The van der Waals surface area contributed by atoms with Crippen molar-refractivity contribution in [1.29, 1.82) is 0 Å². The van der Waals surface area contributed by atoms with Crippen LogP contribution >= 0.6 is 15.9 Å². The van der Waals surface area contributed by atoms with E-state index in [1.165, 1.54) is 18.4 Å². The van der Waals surface area contributed by atoms with Gasteiger partial charge in [-0.05, 0) is 43.4 Å². The molecule has 0 bridgehead atoms. The van der Waals surface area contributed by atoms with Crippen LogP contribution in [0.15, 0.2) is 28.7 Å². The minimum atomic E-state index is 0.191. The number of hydrogen-bond donors (Lipinski definition) is 1. The fourth-order valence-electron chi connectivity index (χ4n) is 2.16. The summed E-state index contributed by atoms with van der Waals surface area (Å²) in [4.78, 5) is 0. The van der Waals surface area contributed by atoms with Gasteiger partial charge in [0, 0.05) is 10.5 Å². The Morgan fingerprint density at radius 3 is 2.56 bits per heavy atom. The third kappa shape index (κ3) is 2.66. The van der Waals surface area contributed by atoms with E-state index in [0.29, 0.717) is 12.0 Å². The molecule has 0 aliphatic heterocycles. The van der Waals surface area contributed by atoms with Crippen LogP contribution in [0.4, 0.5) is 0 Å². The molecule has 1 nitrogen and oxygen atoms in total. The highest BCUT2D eigenvalue weighted by atomic mass is 79.9. The Balaban J connectivity index is 1.84. The van der Waals surface area contributed by atoms with Crippen molar-refractivity contribution in [2.24, 2.45) is 0 Å². The molecule has 2 heteroatoms. The summed E-state index contributed by atoms with van der Waals surface area (Å²) in [5.41, 5.74) is 1.44. The molecule has 16 heavy (non-hydrogen) atoms. The molecule has 1 saturated carbocycles. The van der Waals surface area contributed by atoms with Crippen LogP contribution in [0.1, 0.15) is 31.2 Å². The van der Waals surface area contributed by atoms with Crippen molar-refractivity contribution < 1.29 is 0 Å². The van der Waals surface area contributed by atoms with Gasteiger partial charge in [-0.15, -0.1) is 6.42 Å². The minimum Gasteiger partial charge on any atom is -0.301 e. The van der Waals surface area contributed by atoms with E-state index in [2.05, 4.69) is 51.4 Å².